The summed E-state index contributed by atoms with van der Waals surface area (Å²) < 4.78 is 29.4. The standard InChI is InChI=1S/C15H19ClF2N2O2.ClH/c1-9(19)10-3-2-6-20(8-10)14(21)12-7-11(16)4-5-13(12)22-15(17)18;/h4-5,7,9-10,15H,2-3,6,8,19H2,1H3;1H. The highest BCUT2D eigenvalue weighted by atomic mass is 35.5. The molecule has 1 aliphatic rings. The van der Waals surface area contributed by atoms with Crippen LogP contribution in [0.2, 0.25) is 5.02 Å². The Morgan fingerprint density at radius 2 is 2.17 bits per heavy atom. The van der Waals surface area contributed by atoms with E-state index in [4.69, 9.17) is 17.3 Å². The second kappa shape index (κ2) is 8.66. The molecule has 4 nitrogen and oxygen atoms in total. The summed E-state index contributed by atoms with van der Waals surface area (Å²) in [5, 5.41) is 0.297. The third-order valence-corrected chi connectivity index (χ3v) is 4.11. The Morgan fingerprint density at radius 1 is 1.48 bits per heavy atom. The second-order valence-electron chi connectivity index (χ2n) is 5.53. The van der Waals surface area contributed by atoms with E-state index >= 15 is 0 Å². The van der Waals surface area contributed by atoms with Gasteiger partial charge in [-0.15, -0.1) is 12.4 Å². The van der Waals surface area contributed by atoms with Crippen LogP contribution < -0.4 is 10.5 Å². The largest absolute Gasteiger partial charge is 0.434 e. The lowest BCUT2D eigenvalue weighted by Gasteiger charge is -2.35. The van der Waals surface area contributed by atoms with Gasteiger partial charge in [-0.25, -0.2) is 0 Å². The average molecular weight is 369 g/mol. The number of hydrogen-bond acceptors (Lipinski definition) is 3. The van der Waals surface area contributed by atoms with Crippen LogP contribution in [0.3, 0.4) is 0 Å². The number of carbonyl (C=O) groups is 1. The van der Waals surface area contributed by atoms with Gasteiger partial charge in [0.05, 0.1) is 5.56 Å². The molecule has 1 aliphatic heterocycles. The minimum atomic E-state index is -2.99. The van der Waals surface area contributed by atoms with E-state index in [0.717, 1.165) is 12.8 Å². The van der Waals surface area contributed by atoms with Gasteiger partial charge in [-0.2, -0.15) is 8.78 Å². The van der Waals surface area contributed by atoms with Crippen LogP contribution in [-0.4, -0.2) is 36.5 Å². The predicted molar refractivity (Wildman–Crippen MR) is 87.6 cm³/mol. The Labute approximate surface area is 145 Å². The highest BCUT2D eigenvalue weighted by molar-refractivity contribution is 6.31. The van der Waals surface area contributed by atoms with Gasteiger partial charge in [-0.05, 0) is 43.9 Å². The molecule has 23 heavy (non-hydrogen) atoms. The molecule has 1 heterocycles. The van der Waals surface area contributed by atoms with E-state index < -0.39 is 6.61 Å². The van der Waals surface area contributed by atoms with E-state index in [1.165, 1.54) is 18.2 Å². The van der Waals surface area contributed by atoms with Crippen molar-refractivity contribution in [1.82, 2.24) is 4.90 Å². The molecule has 0 bridgehead atoms. The molecule has 2 N–H and O–H groups in total. The number of carbonyl (C=O) groups excluding carboxylic acids is 1. The van der Waals surface area contributed by atoms with Crippen molar-refractivity contribution in [3.8, 4) is 5.75 Å². The summed E-state index contributed by atoms with van der Waals surface area (Å²) >= 11 is 5.88. The van der Waals surface area contributed by atoms with Crippen LogP contribution in [0.15, 0.2) is 18.2 Å². The fraction of sp³-hybridized carbons (Fsp3) is 0.533. The lowest BCUT2D eigenvalue weighted by atomic mass is 9.92. The first-order chi connectivity index (χ1) is 10.4. The van der Waals surface area contributed by atoms with Crippen LogP contribution in [0.1, 0.15) is 30.1 Å². The van der Waals surface area contributed by atoms with Gasteiger partial charge in [0.2, 0.25) is 0 Å². The number of nitrogens with zero attached hydrogens (tertiary/aromatic N) is 1. The van der Waals surface area contributed by atoms with Gasteiger partial charge in [0.15, 0.2) is 0 Å². The SMILES string of the molecule is CC(N)C1CCCN(C(=O)c2cc(Cl)ccc2OC(F)F)C1.Cl. The molecule has 1 aromatic rings. The van der Waals surface area contributed by atoms with Crippen LogP contribution in [0.25, 0.3) is 0 Å². The van der Waals surface area contributed by atoms with Crippen LogP contribution in [0.4, 0.5) is 8.78 Å². The molecule has 0 saturated carbocycles. The van der Waals surface area contributed by atoms with Crippen LogP contribution in [0.5, 0.6) is 5.75 Å². The number of rotatable bonds is 4. The van der Waals surface area contributed by atoms with Crippen molar-refractivity contribution >= 4 is 29.9 Å². The summed E-state index contributed by atoms with van der Waals surface area (Å²) in [7, 11) is 0. The third kappa shape index (κ3) is 5.19. The van der Waals surface area contributed by atoms with Gasteiger partial charge >= 0.3 is 6.61 Å². The monoisotopic (exact) mass is 368 g/mol. The minimum Gasteiger partial charge on any atom is -0.434 e. The molecule has 1 saturated heterocycles. The number of halogens is 4. The van der Waals surface area contributed by atoms with Gasteiger partial charge < -0.3 is 15.4 Å². The molecule has 1 aromatic carbocycles. The summed E-state index contributed by atoms with van der Waals surface area (Å²) in [6.07, 6.45) is 1.79. The second-order valence-corrected chi connectivity index (χ2v) is 5.97. The zero-order valence-electron chi connectivity index (χ0n) is 12.7. The van der Waals surface area contributed by atoms with Crippen molar-refractivity contribution in [2.45, 2.75) is 32.4 Å². The van der Waals surface area contributed by atoms with Crippen LogP contribution >= 0.6 is 24.0 Å². The van der Waals surface area contributed by atoms with Gasteiger partial charge in [-0.1, -0.05) is 11.6 Å². The lowest BCUT2D eigenvalue weighted by Crippen LogP contribution is -2.45. The molecule has 8 heteroatoms. The molecule has 2 atom stereocenters. The van der Waals surface area contributed by atoms with Crippen molar-refractivity contribution < 1.29 is 18.3 Å². The fourth-order valence-electron chi connectivity index (χ4n) is 2.66. The number of nitrogens with two attached hydrogens (primary N) is 1. The van der Waals surface area contributed by atoms with E-state index in [2.05, 4.69) is 4.74 Å². The van der Waals surface area contributed by atoms with Gasteiger partial charge in [0.1, 0.15) is 5.75 Å². The molecule has 0 aliphatic carbocycles. The quantitative estimate of drug-likeness (QED) is 0.883. The first kappa shape index (κ1) is 19.9. The van der Waals surface area contributed by atoms with Gasteiger partial charge in [0.25, 0.3) is 5.91 Å². The van der Waals surface area contributed by atoms with Crippen LogP contribution in [-0.2, 0) is 0 Å². The number of hydrogen-bond donors (Lipinski definition) is 1. The molecule has 130 valence electrons. The van der Waals surface area contributed by atoms with Gasteiger partial charge in [-0.3, -0.25) is 4.79 Å². The Hall–Kier alpha value is -1.11. The first-order valence-corrected chi connectivity index (χ1v) is 7.55. The number of likely N-dealkylation sites (tertiary alicyclic amines) is 1. The zero-order valence-corrected chi connectivity index (χ0v) is 14.2. The smallest absolute Gasteiger partial charge is 0.387 e. The molecule has 2 rings (SSSR count). The van der Waals surface area contributed by atoms with E-state index in [9.17, 15) is 13.6 Å². The number of benzene rings is 1. The Morgan fingerprint density at radius 3 is 2.78 bits per heavy atom. The Kier molecular flexibility index (Phi) is 7.51. The van der Waals surface area contributed by atoms with Crippen molar-refractivity contribution in [3.05, 3.63) is 28.8 Å². The van der Waals surface area contributed by atoms with E-state index in [1.807, 2.05) is 6.92 Å². The normalized spacial score (nSPS) is 19.2. The lowest BCUT2D eigenvalue weighted by molar-refractivity contribution is -0.0503. The highest BCUT2D eigenvalue weighted by Crippen LogP contribution is 2.28. The summed E-state index contributed by atoms with van der Waals surface area (Å²) in [6.45, 7) is -0.00528. The number of amides is 1. The number of piperidine rings is 1. The summed E-state index contributed by atoms with van der Waals surface area (Å²) in [5.74, 6) is -0.313. The molecule has 0 spiro atoms. The maximum Gasteiger partial charge on any atom is 0.387 e. The van der Waals surface area contributed by atoms with Crippen molar-refractivity contribution in [3.63, 3.8) is 0 Å². The molecule has 1 amide bonds. The van der Waals surface area contributed by atoms with E-state index in [1.54, 1.807) is 4.90 Å². The average Bonchev–Trinajstić information content (AvgIpc) is 2.48. The number of alkyl halides is 2. The summed E-state index contributed by atoms with van der Waals surface area (Å²) in [5.41, 5.74) is 5.96. The number of ether oxygens (including phenoxy) is 1. The van der Waals surface area contributed by atoms with Crippen LogP contribution in [0, 0.1) is 5.92 Å². The Balaban J connectivity index is 0.00000264. The summed E-state index contributed by atoms with van der Waals surface area (Å²) in [6, 6.07) is 4.04. The minimum absolute atomic E-state index is 0. The fourth-order valence-corrected chi connectivity index (χ4v) is 2.83. The summed E-state index contributed by atoms with van der Waals surface area (Å²) in [4.78, 5) is 14.3. The topological polar surface area (TPSA) is 55.6 Å². The third-order valence-electron chi connectivity index (χ3n) is 3.88. The molecule has 0 aromatic heterocycles. The van der Waals surface area contributed by atoms with Crippen molar-refractivity contribution in [1.29, 1.82) is 0 Å². The zero-order chi connectivity index (χ0) is 16.3. The van der Waals surface area contributed by atoms with E-state index in [-0.39, 0.29) is 41.6 Å². The molecule has 1 fully saturated rings. The van der Waals surface area contributed by atoms with Crippen molar-refractivity contribution in [2.24, 2.45) is 11.7 Å². The van der Waals surface area contributed by atoms with Gasteiger partial charge in [0, 0.05) is 24.2 Å². The first-order valence-electron chi connectivity index (χ1n) is 7.17. The van der Waals surface area contributed by atoms with E-state index in [0.29, 0.717) is 18.1 Å². The Bertz CT molecular complexity index is 544. The molecule has 2 unspecified atom stereocenters. The highest BCUT2D eigenvalue weighted by Gasteiger charge is 2.28. The maximum atomic E-state index is 12.6. The van der Waals surface area contributed by atoms with Crippen molar-refractivity contribution in [2.75, 3.05) is 13.1 Å². The maximum absolute atomic E-state index is 12.6. The molecular formula is C15H20Cl2F2N2O2. The molecule has 0 radical (unpaired) electrons. The predicted octanol–water partition coefficient (Wildman–Crippen LogP) is 3.56. The molecular weight excluding hydrogens is 349 g/mol.